The third-order valence-electron chi connectivity index (χ3n) is 3.83. The molecular formula is C13H23N4O4+. The van der Waals surface area contributed by atoms with Gasteiger partial charge in [-0.25, -0.2) is 0 Å². The van der Waals surface area contributed by atoms with Crippen molar-refractivity contribution in [1.82, 2.24) is 15.5 Å². The van der Waals surface area contributed by atoms with Gasteiger partial charge in [-0.2, -0.15) is 0 Å². The van der Waals surface area contributed by atoms with E-state index in [-0.39, 0.29) is 30.4 Å². The minimum Gasteiger partial charge on any atom is -0.375 e. The van der Waals surface area contributed by atoms with Crippen LogP contribution in [0.1, 0.15) is 12.8 Å². The van der Waals surface area contributed by atoms with Crippen LogP contribution < -0.4 is 16.0 Å². The van der Waals surface area contributed by atoms with Crippen molar-refractivity contribution in [3.8, 4) is 0 Å². The number of nitrogens with two attached hydrogens (primary N) is 1. The maximum atomic E-state index is 12.2. The second-order valence-corrected chi connectivity index (χ2v) is 5.40. The molecule has 0 aromatic carbocycles. The third kappa shape index (κ3) is 4.15. The summed E-state index contributed by atoms with van der Waals surface area (Å²) in [6.07, 6.45) is 1.53. The SMILES string of the molecule is COCC(=O)N1CC[NH2+][C@H](C(=O)N[C@H]2CCCNC2=O)C1. The maximum Gasteiger partial charge on any atom is 0.280 e. The summed E-state index contributed by atoms with van der Waals surface area (Å²) in [4.78, 5) is 37.3. The van der Waals surface area contributed by atoms with Gasteiger partial charge in [-0.05, 0) is 12.8 Å². The number of nitrogens with zero attached hydrogens (tertiary/aromatic N) is 1. The highest BCUT2D eigenvalue weighted by Gasteiger charge is 2.33. The first-order chi connectivity index (χ1) is 10.1. The molecule has 2 heterocycles. The minimum absolute atomic E-state index is 0.0272. The summed E-state index contributed by atoms with van der Waals surface area (Å²) in [7, 11) is 1.47. The van der Waals surface area contributed by atoms with Crippen molar-refractivity contribution in [2.45, 2.75) is 24.9 Å². The van der Waals surface area contributed by atoms with Crippen molar-refractivity contribution in [2.75, 3.05) is 39.9 Å². The molecule has 0 unspecified atom stereocenters. The van der Waals surface area contributed by atoms with Crippen molar-refractivity contribution >= 4 is 17.7 Å². The summed E-state index contributed by atoms with van der Waals surface area (Å²) < 4.78 is 4.83. The Morgan fingerprint density at radius 3 is 3.05 bits per heavy atom. The molecule has 118 valence electrons. The molecule has 3 amide bonds. The molecule has 8 heteroatoms. The zero-order valence-electron chi connectivity index (χ0n) is 12.3. The van der Waals surface area contributed by atoms with E-state index >= 15 is 0 Å². The van der Waals surface area contributed by atoms with E-state index in [1.54, 1.807) is 4.90 Å². The van der Waals surface area contributed by atoms with Crippen LogP contribution in [-0.4, -0.2) is 74.6 Å². The number of carbonyl (C=O) groups is 3. The quantitative estimate of drug-likeness (QED) is 0.508. The molecule has 0 aromatic heterocycles. The molecule has 2 rings (SSSR count). The molecule has 8 nitrogen and oxygen atoms in total. The van der Waals surface area contributed by atoms with Gasteiger partial charge < -0.3 is 25.6 Å². The van der Waals surface area contributed by atoms with Gasteiger partial charge in [-0.3, -0.25) is 14.4 Å². The second kappa shape index (κ2) is 7.37. The number of carbonyl (C=O) groups excluding carboxylic acids is 3. The lowest BCUT2D eigenvalue weighted by molar-refractivity contribution is -0.684. The average Bonchev–Trinajstić information content (AvgIpc) is 2.50. The Hall–Kier alpha value is -1.67. The van der Waals surface area contributed by atoms with Gasteiger partial charge in [0.15, 0.2) is 6.04 Å². The van der Waals surface area contributed by atoms with Gasteiger partial charge in [0.05, 0.1) is 19.6 Å². The lowest BCUT2D eigenvalue weighted by atomic mass is 10.1. The van der Waals surface area contributed by atoms with Gasteiger partial charge in [-0.15, -0.1) is 0 Å². The highest BCUT2D eigenvalue weighted by Crippen LogP contribution is 2.04. The van der Waals surface area contributed by atoms with E-state index in [2.05, 4.69) is 10.6 Å². The number of amides is 3. The first kappa shape index (κ1) is 15.7. The van der Waals surface area contributed by atoms with Crippen LogP contribution in [0.15, 0.2) is 0 Å². The average molecular weight is 299 g/mol. The highest BCUT2D eigenvalue weighted by atomic mass is 16.5. The van der Waals surface area contributed by atoms with E-state index in [1.165, 1.54) is 7.11 Å². The molecule has 2 aliphatic rings. The standard InChI is InChI=1S/C13H22N4O4/c1-21-8-11(18)17-6-5-14-10(7-17)13(20)16-9-3-2-4-15-12(9)19/h9-10,14H,2-8H2,1H3,(H,15,19)(H,16,20)/p+1/t9-,10-/m0/s1. The maximum absolute atomic E-state index is 12.2. The lowest BCUT2D eigenvalue weighted by Crippen LogP contribution is -2.98. The van der Waals surface area contributed by atoms with Crippen LogP contribution in [0.2, 0.25) is 0 Å². The molecule has 2 fully saturated rings. The van der Waals surface area contributed by atoms with E-state index in [0.717, 1.165) is 6.42 Å². The number of piperidine rings is 1. The van der Waals surface area contributed by atoms with Crippen molar-refractivity contribution in [2.24, 2.45) is 0 Å². The van der Waals surface area contributed by atoms with E-state index in [4.69, 9.17) is 4.74 Å². The predicted molar refractivity (Wildman–Crippen MR) is 73.2 cm³/mol. The van der Waals surface area contributed by atoms with Crippen LogP contribution in [0.3, 0.4) is 0 Å². The molecule has 2 aliphatic heterocycles. The zero-order valence-corrected chi connectivity index (χ0v) is 12.3. The molecule has 0 spiro atoms. The van der Waals surface area contributed by atoms with E-state index < -0.39 is 6.04 Å². The number of piperazine rings is 1. The first-order valence-electron chi connectivity index (χ1n) is 7.30. The number of hydrogen-bond donors (Lipinski definition) is 3. The zero-order chi connectivity index (χ0) is 15.2. The van der Waals surface area contributed by atoms with E-state index in [9.17, 15) is 14.4 Å². The molecule has 4 N–H and O–H groups in total. The van der Waals surface area contributed by atoms with Gasteiger partial charge in [0, 0.05) is 13.7 Å². The van der Waals surface area contributed by atoms with E-state index in [1.807, 2.05) is 5.32 Å². The van der Waals surface area contributed by atoms with E-state index in [0.29, 0.717) is 32.6 Å². The summed E-state index contributed by atoms with van der Waals surface area (Å²) in [5, 5.41) is 7.43. The molecule has 0 saturated carbocycles. The van der Waals surface area contributed by atoms with Crippen molar-refractivity contribution in [3.05, 3.63) is 0 Å². The fourth-order valence-corrected chi connectivity index (χ4v) is 2.65. The summed E-state index contributed by atoms with van der Waals surface area (Å²) in [6.45, 7) is 2.32. The Kier molecular flexibility index (Phi) is 5.51. The number of rotatable bonds is 4. The van der Waals surface area contributed by atoms with Crippen LogP contribution >= 0.6 is 0 Å². The molecule has 21 heavy (non-hydrogen) atoms. The summed E-state index contributed by atoms with van der Waals surface area (Å²) in [5.41, 5.74) is 0. The van der Waals surface area contributed by atoms with Gasteiger partial charge in [0.25, 0.3) is 5.91 Å². The van der Waals surface area contributed by atoms with Crippen molar-refractivity contribution < 1.29 is 24.4 Å². The van der Waals surface area contributed by atoms with Gasteiger partial charge >= 0.3 is 0 Å². The molecule has 0 radical (unpaired) electrons. The van der Waals surface area contributed by atoms with Crippen molar-refractivity contribution in [1.29, 1.82) is 0 Å². The highest BCUT2D eigenvalue weighted by molar-refractivity contribution is 5.90. The fourth-order valence-electron chi connectivity index (χ4n) is 2.65. The fraction of sp³-hybridized carbons (Fsp3) is 0.769. The molecule has 2 saturated heterocycles. The minimum atomic E-state index is -0.454. The topological polar surface area (TPSA) is 104 Å². The first-order valence-corrected chi connectivity index (χ1v) is 7.30. The summed E-state index contributed by atoms with van der Waals surface area (Å²) in [5.74, 6) is -0.427. The molecule has 0 bridgehead atoms. The molecule has 2 atom stereocenters. The van der Waals surface area contributed by atoms with Crippen LogP contribution in [0, 0.1) is 0 Å². The number of hydrogen-bond acceptors (Lipinski definition) is 4. The largest absolute Gasteiger partial charge is 0.375 e. The number of nitrogens with one attached hydrogen (secondary N) is 2. The number of methoxy groups -OCH3 is 1. The molecule has 0 aliphatic carbocycles. The Morgan fingerprint density at radius 1 is 1.52 bits per heavy atom. The van der Waals surface area contributed by atoms with Crippen LogP contribution in [0.25, 0.3) is 0 Å². The number of quaternary nitrogens is 1. The Morgan fingerprint density at radius 2 is 2.33 bits per heavy atom. The lowest BCUT2D eigenvalue weighted by Gasteiger charge is -2.31. The summed E-state index contributed by atoms with van der Waals surface area (Å²) in [6, 6.07) is -0.820. The normalized spacial score (nSPS) is 26.1. The Bertz CT molecular complexity index is 415. The predicted octanol–water partition coefficient (Wildman–Crippen LogP) is -3.20. The van der Waals surface area contributed by atoms with Crippen LogP contribution in [-0.2, 0) is 19.1 Å². The second-order valence-electron chi connectivity index (χ2n) is 5.40. The van der Waals surface area contributed by atoms with Gasteiger partial charge in [0.1, 0.15) is 12.6 Å². The monoisotopic (exact) mass is 299 g/mol. The van der Waals surface area contributed by atoms with Gasteiger partial charge in [0.2, 0.25) is 11.8 Å². The molecule has 0 aromatic rings. The van der Waals surface area contributed by atoms with Crippen molar-refractivity contribution in [3.63, 3.8) is 0 Å². The number of ether oxygens (including phenoxy) is 1. The summed E-state index contributed by atoms with van der Waals surface area (Å²) >= 11 is 0. The van der Waals surface area contributed by atoms with Gasteiger partial charge in [-0.1, -0.05) is 0 Å². The molecular weight excluding hydrogens is 276 g/mol. The van der Waals surface area contributed by atoms with Crippen LogP contribution in [0.4, 0.5) is 0 Å². The third-order valence-corrected chi connectivity index (χ3v) is 3.83. The van der Waals surface area contributed by atoms with Crippen LogP contribution in [0.5, 0.6) is 0 Å². The Balaban J connectivity index is 1.86. The Labute approximate surface area is 123 Å². The smallest absolute Gasteiger partial charge is 0.280 e.